The molecule has 2 saturated heterocycles. The highest BCUT2D eigenvalue weighted by atomic mass is 15.2. The highest BCUT2D eigenvalue weighted by molar-refractivity contribution is 5.91. The normalized spacial score (nSPS) is 20.4. The third kappa shape index (κ3) is 5.55. The molecule has 4 heterocycles. The van der Waals surface area contributed by atoms with Crippen molar-refractivity contribution >= 4 is 17.1 Å². The van der Waals surface area contributed by atoms with Crippen LogP contribution in [0.1, 0.15) is 66.5 Å². The van der Waals surface area contributed by atoms with Crippen molar-refractivity contribution in [1.29, 1.82) is 0 Å². The largest absolute Gasteiger partial charge is 0.363 e. The second kappa shape index (κ2) is 11.2. The lowest BCUT2D eigenvalue weighted by molar-refractivity contribution is 0.0721. The molecule has 38 heavy (non-hydrogen) atoms. The fraction of sp³-hybridized carbons (Fsp3) is 0.545. The summed E-state index contributed by atoms with van der Waals surface area (Å²) in [6.07, 6.45) is 10.6. The van der Waals surface area contributed by atoms with Crippen molar-refractivity contribution in [2.24, 2.45) is 11.8 Å². The monoisotopic (exact) mass is 513 g/mol. The Morgan fingerprint density at radius 1 is 1.00 bits per heavy atom. The zero-order valence-electron chi connectivity index (χ0n) is 24.7. The average molecular weight is 514 g/mol. The van der Waals surface area contributed by atoms with Crippen LogP contribution in [0, 0.1) is 25.7 Å². The molecule has 5 nitrogen and oxygen atoms in total. The van der Waals surface area contributed by atoms with Crippen molar-refractivity contribution in [3.8, 4) is 0 Å². The topological polar surface area (TPSA) is 25.9 Å². The van der Waals surface area contributed by atoms with E-state index in [4.69, 9.17) is 4.98 Å². The van der Waals surface area contributed by atoms with E-state index in [2.05, 4.69) is 98.9 Å². The summed E-state index contributed by atoms with van der Waals surface area (Å²) in [6, 6.07) is 7.04. The fourth-order valence-corrected chi connectivity index (χ4v) is 6.49. The lowest BCUT2D eigenvalue weighted by Gasteiger charge is -2.41. The van der Waals surface area contributed by atoms with Gasteiger partial charge >= 0.3 is 0 Å². The van der Waals surface area contributed by atoms with Gasteiger partial charge in [-0.1, -0.05) is 25.1 Å². The van der Waals surface area contributed by atoms with Crippen LogP contribution in [0.4, 0.5) is 5.82 Å². The standard InChI is InChI=1S/C33H47N5/c1-8-32-29-18-34-33(35(5)6)17-28(29)31(21-36(32)7)27-15-24(3)30(25(4)16-27)22-38-19-26(20-38)11-14-37-12-9-23(2)10-13-37/h8,15-18,21,23,26H,9-14,19-20,22H2,1-7H3/b32-8-. The summed E-state index contributed by atoms with van der Waals surface area (Å²) in [5.41, 5.74) is 10.5. The van der Waals surface area contributed by atoms with Gasteiger partial charge in [0.25, 0.3) is 0 Å². The van der Waals surface area contributed by atoms with E-state index < -0.39 is 0 Å². The number of allylic oxidation sites excluding steroid dienone is 1. The quantitative estimate of drug-likeness (QED) is 0.451. The van der Waals surface area contributed by atoms with Crippen LogP contribution in [-0.4, -0.2) is 73.6 Å². The predicted octanol–water partition coefficient (Wildman–Crippen LogP) is 6.01. The number of piperidine rings is 1. The second-order valence-corrected chi connectivity index (χ2v) is 12.3. The molecule has 0 spiro atoms. The first kappa shape index (κ1) is 27.0. The van der Waals surface area contributed by atoms with Gasteiger partial charge in [0, 0.05) is 70.0 Å². The minimum Gasteiger partial charge on any atom is -0.363 e. The Kier molecular flexibility index (Phi) is 7.97. The van der Waals surface area contributed by atoms with E-state index in [1.54, 1.807) is 0 Å². The molecule has 1 aromatic carbocycles. The molecule has 0 unspecified atom stereocenters. The molecule has 2 aromatic rings. The molecule has 3 aliphatic rings. The van der Waals surface area contributed by atoms with Crippen molar-refractivity contribution < 1.29 is 0 Å². The van der Waals surface area contributed by atoms with Crippen molar-refractivity contribution in [3.63, 3.8) is 0 Å². The van der Waals surface area contributed by atoms with Gasteiger partial charge in [-0.2, -0.15) is 0 Å². The van der Waals surface area contributed by atoms with Crippen LogP contribution in [0.3, 0.4) is 0 Å². The molecule has 0 aliphatic carbocycles. The minimum absolute atomic E-state index is 0.869. The number of nitrogens with zero attached hydrogens (tertiary/aromatic N) is 5. The number of hydrogen-bond acceptors (Lipinski definition) is 5. The third-order valence-corrected chi connectivity index (χ3v) is 9.04. The minimum atomic E-state index is 0.869. The molecule has 0 bridgehead atoms. The number of hydrogen-bond donors (Lipinski definition) is 0. The SMILES string of the molecule is C/C=C1/c2cnc(N(C)C)cc2C(c2cc(C)c(CN3CC(CCN4CCC(C)CC4)C3)c(C)c2)=CN1C. The Balaban J connectivity index is 1.28. The van der Waals surface area contributed by atoms with Crippen LogP contribution in [0.2, 0.25) is 0 Å². The molecule has 0 saturated carbocycles. The van der Waals surface area contributed by atoms with Gasteiger partial charge in [0.1, 0.15) is 5.82 Å². The van der Waals surface area contributed by atoms with Gasteiger partial charge < -0.3 is 14.7 Å². The maximum atomic E-state index is 4.72. The highest BCUT2D eigenvalue weighted by Gasteiger charge is 2.29. The number of aromatic nitrogens is 1. The molecule has 0 amide bonds. The maximum absolute atomic E-state index is 4.72. The second-order valence-electron chi connectivity index (χ2n) is 12.3. The number of rotatable bonds is 7. The van der Waals surface area contributed by atoms with Gasteiger partial charge in [-0.05, 0) is 105 Å². The predicted molar refractivity (Wildman–Crippen MR) is 161 cm³/mol. The molecule has 0 atom stereocenters. The Hall–Kier alpha value is -2.63. The van der Waals surface area contributed by atoms with Crippen LogP contribution in [0.25, 0.3) is 11.3 Å². The van der Waals surface area contributed by atoms with E-state index in [0.29, 0.717) is 0 Å². The molecular formula is C33H47N5. The molecule has 0 radical (unpaired) electrons. The van der Waals surface area contributed by atoms with Crippen molar-refractivity contribution in [3.05, 3.63) is 70.1 Å². The summed E-state index contributed by atoms with van der Waals surface area (Å²) in [7, 11) is 6.25. The van der Waals surface area contributed by atoms with E-state index in [1.165, 1.54) is 96.6 Å². The van der Waals surface area contributed by atoms with Crippen LogP contribution in [-0.2, 0) is 6.54 Å². The summed E-state index contributed by atoms with van der Waals surface area (Å²) < 4.78 is 0. The van der Waals surface area contributed by atoms with Gasteiger partial charge in [0.15, 0.2) is 0 Å². The molecule has 5 rings (SSSR count). The number of pyridine rings is 1. The van der Waals surface area contributed by atoms with Crippen LogP contribution < -0.4 is 4.90 Å². The third-order valence-electron chi connectivity index (χ3n) is 9.04. The van der Waals surface area contributed by atoms with Crippen molar-refractivity contribution in [2.75, 3.05) is 58.8 Å². The molecule has 0 N–H and O–H groups in total. The Morgan fingerprint density at radius 3 is 2.32 bits per heavy atom. The van der Waals surface area contributed by atoms with Crippen LogP contribution >= 0.6 is 0 Å². The van der Waals surface area contributed by atoms with Gasteiger partial charge in [-0.25, -0.2) is 4.98 Å². The Labute approximate surface area is 230 Å². The summed E-state index contributed by atoms with van der Waals surface area (Å²) >= 11 is 0. The smallest absolute Gasteiger partial charge is 0.128 e. The van der Waals surface area contributed by atoms with Gasteiger partial charge in [0.05, 0.1) is 0 Å². The molecule has 1 aromatic heterocycles. The van der Waals surface area contributed by atoms with Gasteiger partial charge in [-0.3, -0.25) is 4.90 Å². The maximum Gasteiger partial charge on any atom is 0.128 e. The summed E-state index contributed by atoms with van der Waals surface area (Å²) in [5, 5.41) is 0. The molecular weight excluding hydrogens is 466 g/mol. The molecule has 2 fully saturated rings. The average Bonchev–Trinajstić information content (AvgIpc) is 2.86. The number of anilines is 1. The first-order valence-electron chi connectivity index (χ1n) is 14.6. The van der Waals surface area contributed by atoms with Crippen LogP contribution in [0.5, 0.6) is 0 Å². The van der Waals surface area contributed by atoms with Crippen molar-refractivity contribution in [1.82, 2.24) is 19.7 Å². The fourth-order valence-electron chi connectivity index (χ4n) is 6.49. The summed E-state index contributed by atoms with van der Waals surface area (Å²) in [5.74, 6) is 2.78. The van der Waals surface area contributed by atoms with E-state index in [1.807, 2.05) is 6.20 Å². The Morgan fingerprint density at radius 2 is 1.68 bits per heavy atom. The van der Waals surface area contributed by atoms with E-state index in [-0.39, 0.29) is 0 Å². The van der Waals surface area contributed by atoms with Gasteiger partial charge in [-0.15, -0.1) is 0 Å². The molecule has 3 aliphatic heterocycles. The van der Waals surface area contributed by atoms with Crippen molar-refractivity contribution in [2.45, 2.75) is 53.5 Å². The number of benzene rings is 1. The van der Waals surface area contributed by atoms with Gasteiger partial charge in [0.2, 0.25) is 0 Å². The highest BCUT2D eigenvalue weighted by Crippen LogP contribution is 2.39. The zero-order valence-corrected chi connectivity index (χ0v) is 24.7. The van der Waals surface area contributed by atoms with Crippen LogP contribution in [0.15, 0.2) is 36.7 Å². The van der Waals surface area contributed by atoms with E-state index in [9.17, 15) is 0 Å². The molecule has 204 valence electrons. The summed E-state index contributed by atoms with van der Waals surface area (Å²) in [4.78, 5) is 14.4. The number of fused-ring (bicyclic) bond motifs is 1. The lowest BCUT2D eigenvalue weighted by Crippen LogP contribution is -2.47. The lowest BCUT2D eigenvalue weighted by atomic mass is 9.87. The molecule has 5 heteroatoms. The first-order valence-corrected chi connectivity index (χ1v) is 14.6. The Bertz CT molecular complexity index is 1190. The zero-order chi connectivity index (χ0) is 27.0. The van der Waals surface area contributed by atoms with E-state index in [0.717, 1.165) is 24.2 Å². The number of likely N-dealkylation sites (tertiary alicyclic amines) is 2. The van der Waals surface area contributed by atoms with E-state index >= 15 is 0 Å². The number of aryl methyl sites for hydroxylation is 2. The summed E-state index contributed by atoms with van der Waals surface area (Å²) in [6.45, 7) is 16.6. The first-order chi connectivity index (χ1) is 18.2.